The minimum Gasteiger partial charge on any atom is -0.355 e. The van der Waals surface area contributed by atoms with Gasteiger partial charge in [-0.3, -0.25) is 9.78 Å². The zero-order valence-corrected chi connectivity index (χ0v) is 13.9. The third kappa shape index (κ3) is 4.26. The lowest BCUT2D eigenvalue weighted by Gasteiger charge is -2.09. The maximum atomic E-state index is 11.8. The third-order valence-corrected chi connectivity index (χ3v) is 4.77. The number of nitrogens with one attached hydrogen (secondary N) is 1. The van der Waals surface area contributed by atoms with E-state index in [1.165, 1.54) is 30.5 Å². The Hall–Kier alpha value is -1.44. The molecular weight excluding hydrogens is 332 g/mol. The van der Waals surface area contributed by atoms with E-state index in [-0.39, 0.29) is 23.2 Å². The van der Waals surface area contributed by atoms with Gasteiger partial charge in [-0.15, -0.1) is 23.7 Å². The SMILES string of the molecule is CNC(=O)c1ccc(S(C)(=O)=O)c(Cc2cncs2)c1.Cl. The molecule has 1 amide bonds. The molecule has 0 aliphatic heterocycles. The molecule has 8 heteroatoms. The zero-order valence-electron chi connectivity index (χ0n) is 11.5. The Balaban J connectivity index is 0.00000220. The average molecular weight is 347 g/mol. The number of halogens is 1. The molecule has 0 bridgehead atoms. The van der Waals surface area contributed by atoms with Crippen LogP contribution in [0.25, 0.3) is 0 Å². The Labute approximate surface area is 133 Å². The normalized spacial score (nSPS) is 10.8. The van der Waals surface area contributed by atoms with E-state index in [1.807, 2.05) is 0 Å². The highest BCUT2D eigenvalue weighted by molar-refractivity contribution is 7.90. The monoisotopic (exact) mass is 346 g/mol. The fourth-order valence-electron chi connectivity index (χ4n) is 1.88. The molecule has 0 unspecified atom stereocenters. The number of amides is 1. The number of thiazole rings is 1. The standard InChI is InChI=1S/C13H14N2O3S2.ClH/c1-14-13(16)9-3-4-12(20(2,17)18)10(5-9)6-11-7-15-8-19-11;/h3-5,7-8H,6H2,1-2H3,(H,14,16);1H. The summed E-state index contributed by atoms with van der Waals surface area (Å²) in [5.41, 5.74) is 2.75. The van der Waals surface area contributed by atoms with Crippen LogP contribution in [-0.4, -0.2) is 32.6 Å². The first-order valence-electron chi connectivity index (χ1n) is 5.84. The lowest BCUT2D eigenvalue weighted by molar-refractivity contribution is 0.0963. The molecule has 1 aromatic carbocycles. The summed E-state index contributed by atoms with van der Waals surface area (Å²) in [7, 11) is -1.80. The summed E-state index contributed by atoms with van der Waals surface area (Å²) in [5.74, 6) is -0.240. The molecule has 2 aromatic rings. The summed E-state index contributed by atoms with van der Waals surface area (Å²) < 4.78 is 23.6. The number of carbonyl (C=O) groups is 1. The Morgan fingerprint density at radius 1 is 1.38 bits per heavy atom. The van der Waals surface area contributed by atoms with Crippen molar-refractivity contribution in [1.29, 1.82) is 0 Å². The van der Waals surface area contributed by atoms with E-state index in [0.717, 1.165) is 11.1 Å². The summed E-state index contributed by atoms with van der Waals surface area (Å²) >= 11 is 1.45. The summed E-state index contributed by atoms with van der Waals surface area (Å²) in [5, 5.41) is 2.53. The Morgan fingerprint density at radius 2 is 2.10 bits per heavy atom. The van der Waals surface area contributed by atoms with Crippen LogP contribution in [-0.2, 0) is 16.3 Å². The molecule has 0 aliphatic carbocycles. The second kappa shape index (κ2) is 7.02. The largest absolute Gasteiger partial charge is 0.355 e. The van der Waals surface area contributed by atoms with Gasteiger partial charge in [0.15, 0.2) is 9.84 Å². The van der Waals surface area contributed by atoms with E-state index in [0.29, 0.717) is 17.5 Å². The first-order chi connectivity index (χ1) is 9.41. The van der Waals surface area contributed by atoms with Crippen molar-refractivity contribution in [3.63, 3.8) is 0 Å². The van der Waals surface area contributed by atoms with Crippen molar-refractivity contribution < 1.29 is 13.2 Å². The van der Waals surface area contributed by atoms with E-state index < -0.39 is 9.84 Å². The van der Waals surface area contributed by atoms with Crippen LogP contribution in [0.1, 0.15) is 20.8 Å². The van der Waals surface area contributed by atoms with Crippen molar-refractivity contribution >= 4 is 39.5 Å². The van der Waals surface area contributed by atoms with E-state index >= 15 is 0 Å². The number of rotatable bonds is 4. The lowest BCUT2D eigenvalue weighted by Crippen LogP contribution is -2.18. The van der Waals surface area contributed by atoms with Crippen molar-refractivity contribution in [2.75, 3.05) is 13.3 Å². The van der Waals surface area contributed by atoms with Crippen molar-refractivity contribution in [2.24, 2.45) is 0 Å². The number of sulfone groups is 1. The van der Waals surface area contributed by atoms with Crippen LogP contribution >= 0.6 is 23.7 Å². The number of aromatic nitrogens is 1. The highest BCUT2D eigenvalue weighted by Gasteiger charge is 2.16. The van der Waals surface area contributed by atoms with Gasteiger partial charge < -0.3 is 5.32 Å². The number of hydrogen-bond donors (Lipinski definition) is 1. The van der Waals surface area contributed by atoms with Gasteiger partial charge in [0.2, 0.25) is 0 Å². The molecule has 2 rings (SSSR count). The first-order valence-corrected chi connectivity index (χ1v) is 8.61. The van der Waals surface area contributed by atoms with E-state index in [1.54, 1.807) is 17.8 Å². The fraction of sp³-hybridized carbons (Fsp3) is 0.231. The third-order valence-electron chi connectivity index (χ3n) is 2.80. The Kier molecular flexibility index (Phi) is 5.88. The van der Waals surface area contributed by atoms with Crippen molar-refractivity contribution in [3.05, 3.63) is 45.9 Å². The molecule has 0 spiro atoms. The van der Waals surface area contributed by atoms with Gasteiger partial charge >= 0.3 is 0 Å². The van der Waals surface area contributed by atoms with Gasteiger partial charge in [0.05, 0.1) is 10.4 Å². The van der Waals surface area contributed by atoms with Gasteiger partial charge in [-0.05, 0) is 23.8 Å². The predicted octanol–water partition coefficient (Wildman–Crippen LogP) is 1.92. The van der Waals surface area contributed by atoms with Gasteiger partial charge in [0.25, 0.3) is 5.91 Å². The van der Waals surface area contributed by atoms with Crippen LogP contribution in [0, 0.1) is 0 Å². The molecule has 1 aromatic heterocycles. The average Bonchev–Trinajstić information content (AvgIpc) is 2.89. The Bertz CT molecular complexity index is 728. The fourth-order valence-corrected chi connectivity index (χ4v) is 3.42. The minimum atomic E-state index is -3.33. The van der Waals surface area contributed by atoms with Crippen LogP contribution < -0.4 is 5.32 Å². The van der Waals surface area contributed by atoms with Crippen molar-refractivity contribution in [3.8, 4) is 0 Å². The summed E-state index contributed by atoms with van der Waals surface area (Å²) in [6.45, 7) is 0. The van der Waals surface area contributed by atoms with Crippen LogP contribution in [0.5, 0.6) is 0 Å². The molecule has 5 nitrogen and oxygen atoms in total. The van der Waals surface area contributed by atoms with E-state index in [9.17, 15) is 13.2 Å². The maximum Gasteiger partial charge on any atom is 0.251 e. The zero-order chi connectivity index (χ0) is 14.8. The van der Waals surface area contributed by atoms with E-state index in [2.05, 4.69) is 10.3 Å². The first kappa shape index (κ1) is 17.6. The van der Waals surface area contributed by atoms with E-state index in [4.69, 9.17) is 0 Å². The molecule has 0 saturated carbocycles. The highest BCUT2D eigenvalue weighted by Crippen LogP contribution is 2.22. The molecule has 0 radical (unpaired) electrons. The van der Waals surface area contributed by atoms with Crippen LogP contribution in [0.2, 0.25) is 0 Å². The molecule has 21 heavy (non-hydrogen) atoms. The second-order valence-electron chi connectivity index (χ2n) is 4.32. The van der Waals surface area contributed by atoms with Gasteiger partial charge in [0, 0.05) is 36.4 Å². The molecule has 0 fully saturated rings. The number of hydrogen-bond acceptors (Lipinski definition) is 5. The lowest BCUT2D eigenvalue weighted by atomic mass is 10.1. The van der Waals surface area contributed by atoms with Crippen LogP contribution in [0.3, 0.4) is 0 Å². The molecule has 0 aliphatic rings. The molecule has 1 N–H and O–H groups in total. The molecule has 0 atom stereocenters. The smallest absolute Gasteiger partial charge is 0.251 e. The Morgan fingerprint density at radius 3 is 2.62 bits per heavy atom. The van der Waals surface area contributed by atoms with Crippen molar-refractivity contribution in [1.82, 2.24) is 10.3 Å². The van der Waals surface area contributed by atoms with Gasteiger partial charge in [-0.25, -0.2) is 8.42 Å². The second-order valence-corrected chi connectivity index (χ2v) is 7.27. The molecule has 1 heterocycles. The number of benzene rings is 1. The predicted molar refractivity (Wildman–Crippen MR) is 85.1 cm³/mol. The summed E-state index contributed by atoms with van der Waals surface area (Å²) in [6.07, 6.45) is 3.30. The quantitative estimate of drug-likeness (QED) is 0.917. The van der Waals surface area contributed by atoms with Gasteiger partial charge in [-0.2, -0.15) is 0 Å². The summed E-state index contributed by atoms with van der Waals surface area (Å²) in [6, 6.07) is 4.62. The van der Waals surface area contributed by atoms with Crippen LogP contribution in [0.15, 0.2) is 34.8 Å². The summed E-state index contributed by atoms with van der Waals surface area (Å²) in [4.78, 5) is 16.8. The maximum absolute atomic E-state index is 11.8. The van der Waals surface area contributed by atoms with Crippen molar-refractivity contribution in [2.45, 2.75) is 11.3 Å². The minimum absolute atomic E-state index is 0. The molecular formula is C13H15ClN2O3S2. The molecule has 114 valence electrons. The van der Waals surface area contributed by atoms with Gasteiger partial charge in [0.1, 0.15) is 0 Å². The highest BCUT2D eigenvalue weighted by atomic mass is 35.5. The topological polar surface area (TPSA) is 76.1 Å². The van der Waals surface area contributed by atoms with Gasteiger partial charge in [-0.1, -0.05) is 0 Å². The number of nitrogens with zero attached hydrogens (tertiary/aromatic N) is 1. The molecule has 0 saturated heterocycles. The number of carbonyl (C=O) groups excluding carboxylic acids is 1. The van der Waals surface area contributed by atoms with Crippen LogP contribution in [0.4, 0.5) is 0 Å².